The Labute approximate surface area is 235 Å². The van der Waals surface area contributed by atoms with Crippen LogP contribution in [0.15, 0.2) is 48.5 Å². The minimum Gasteiger partial charge on any atom is -0.350 e. The molecule has 1 unspecified atom stereocenters. The molecule has 8 nitrogen and oxygen atoms in total. The predicted molar refractivity (Wildman–Crippen MR) is 137 cm³/mol. The Hall–Kier alpha value is -4.54. The van der Waals surface area contributed by atoms with Crippen molar-refractivity contribution in [2.45, 2.75) is 56.8 Å². The molecular formula is C28H24F6N6O2. The topological polar surface area (TPSA) is 103 Å². The third kappa shape index (κ3) is 5.77. The zero-order valence-corrected chi connectivity index (χ0v) is 22.1. The van der Waals surface area contributed by atoms with Gasteiger partial charge in [-0.05, 0) is 55.2 Å². The van der Waals surface area contributed by atoms with Crippen molar-refractivity contribution in [3.05, 3.63) is 82.0 Å². The number of benzene rings is 2. The smallest absolute Gasteiger partial charge is 0.350 e. The predicted octanol–water partition coefficient (Wildman–Crippen LogP) is 5.22. The highest BCUT2D eigenvalue weighted by molar-refractivity contribution is 6.01. The second-order valence-electron chi connectivity index (χ2n) is 10.4. The average Bonchev–Trinajstić information content (AvgIpc) is 3.42. The Balaban J connectivity index is 1.37. The summed E-state index contributed by atoms with van der Waals surface area (Å²) < 4.78 is 82.5. The fourth-order valence-electron chi connectivity index (χ4n) is 4.83. The van der Waals surface area contributed by atoms with Gasteiger partial charge in [0.1, 0.15) is 16.9 Å². The number of nitrogens with one attached hydrogen (secondary N) is 2. The van der Waals surface area contributed by atoms with Crippen LogP contribution in [0.3, 0.4) is 0 Å². The van der Waals surface area contributed by atoms with Crippen LogP contribution >= 0.6 is 0 Å². The molecule has 42 heavy (non-hydrogen) atoms. The lowest BCUT2D eigenvalue weighted by Crippen LogP contribution is -2.35. The van der Waals surface area contributed by atoms with Crippen molar-refractivity contribution in [2.75, 3.05) is 11.4 Å². The Bertz CT molecular complexity index is 1570. The molecular weight excluding hydrogens is 566 g/mol. The summed E-state index contributed by atoms with van der Waals surface area (Å²) in [5.74, 6) is -1.63. The van der Waals surface area contributed by atoms with E-state index >= 15 is 0 Å². The number of rotatable bonds is 7. The van der Waals surface area contributed by atoms with Crippen molar-refractivity contribution >= 4 is 17.6 Å². The van der Waals surface area contributed by atoms with Gasteiger partial charge < -0.3 is 15.5 Å². The third-order valence-corrected chi connectivity index (χ3v) is 7.27. The molecule has 220 valence electrons. The van der Waals surface area contributed by atoms with E-state index in [1.165, 1.54) is 29.2 Å². The Morgan fingerprint density at radius 2 is 1.71 bits per heavy atom. The summed E-state index contributed by atoms with van der Waals surface area (Å²) in [6.45, 7) is 1.54. The van der Waals surface area contributed by atoms with Gasteiger partial charge in [-0.2, -0.15) is 36.7 Å². The van der Waals surface area contributed by atoms with E-state index in [1.807, 2.05) is 0 Å². The molecule has 0 bridgehead atoms. The maximum Gasteiger partial charge on any atom is 0.436 e. The highest BCUT2D eigenvalue weighted by atomic mass is 19.4. The summed E-state index contributed by atoms with van der Waals surface area (Å²) in [5.41, 5.74) is -2.88. The van der Waals surface area contributed by atoms with Crippen LogP contribution in [-0.4, -0.2) is 33.7 Å². The van der Waals surface area contributed by atoms with Crippen LogP contribution in [0, 0.1) is 11.3 Å². The zero-order chi connectivity index (χ0) is 30.4. The van der Waals surface area contributed by atoms with Crippen LogP contribution < -0.4 is 15.5 Å². The Morgan fingerprint density at radius 3 is 2.31 bits per heavy atom. The van der Waals surface area contributed by atoms with Crippen LogP contribution in [0.25, 0.3) is 0 Å². The second-order valence-corrected chi connectivity index (χ2v) is 10.4. The number of halogens is 6. The van der Waals surface area contributed by atoms with Gasteiger partial charge in [-0.25, -0.2) is 4.68 Å². The summed E-state index contributed by atoms with van der Waals surface area (Å²) in [7, 11) is 0. The minimum atomic E-state index is -4.97. The molecule has 0 spiro atoms. The van der Waals surface area contributed by atoms with E-state index < -0.39 is 52.6 Å². The van der Waals surface area contributed by atoms with Crippen molar-refractivity contribution < 1.29 is 35.9 Å². The van der Waals surface area contributed by atoms with Crippen molar-refractivity contribution in [3.8, 4) is 6.07 Å². The van der Waals surface area contributed by atoms with Gasteiger partial charge in [-0.1, -0.05) is 24.3 Å². The lowest BCUT2D eigenvalue weighted by Gasteiger charge is -2.21. The lowest BCUT2D eigenvalue weighted by atomic mass is 10.0. The first kappa shape index (κ1) is 29.0. The highest BCUT2D eigenvalue weighted by Gasteiger charge is 2.45. The molecule has 2 aliphatic rings. The van der Waals surface area contributed by atoms with E-state index in [-0.39, 0.29) is 36.6 Å². The first-order chi connectivity index (χ1) is 19.7. The highest BCUT2D eigenvalue weighted by Crippen LogP contribution is 2.39. The number of carbonyl (C=O) groups excluding carboxylic acids is 2. The van der Waals surface area contributed by atoms with Crippen LogP contribution in [0.1, 0.15) is 68.9 Å². The van der Waals surface area contributed by atoms with Crippen molar-refractivity contribution in [3.63, 3.8) is 0 Å². The van der Waals surface area contributed by atoms with E-state index in [2.05, 4.69) is 21.8 Å². The Kier molecular flexibility index (Phi) is 7.16. The second kappa shape index (κ2) is 10.4. The first-order valence-corrected chi connectivity index (χ1v) is 12.9. The number of anilines is 1. The molecule has 0 saturated heterocycles. The molecule has 1 atom stereocenters. The summed E-state index contributed by atoms with van der Waals surface area (Å²) >= 11 is 0. The van der Waals surface area contributed by atoms with Gasteiger partial charge in [-0.15, -0.1) is 0 Å². The van der Waals surface area contributed by atoms with Gasteiger partial charge >= 0.3 is 12.4 Å². The molecule has 14 heteroatoms. The number of hydrogen-bond acceptors (Lipinski definition) is 5. The van der Waals surface area contributed by atoms with Gasteiger partial charge in [0, 0.05) is 18.7 Å². The molecule has 5 rings (SSSR count). The quantitative estimate of drug-likeness (QED) is 0.368. The average molecular weight is 591 g/mol. The van der Waals surface area contributed by atoms with Crippen molar-refractivity contribution in [2.24, 2.45) is 0 Å². The number of nitrogens with zero attached hydrogens (tertiary/aromatic N) is 4. The fourth-order valence-corrected chi connectivity index (χ4v) is 4.83. The summed E-state index contributed by atoms with van der Waals surface area (Å²) in [4.78, 5) is 27.2. The van der Waals surface area contributed by atoms with Gasteiger partial charge in [-0.3, -0.25) is 9.59 Å². The molecule has 2 amide bonds. The normalized spacial score (nSPS) is 16.4. The molecule has 1 aliphatic heterocycles. The van der Waals surface area contributed by atoms with Crippen LogP contribution in [-0.2, 0) is 25.4 Å². The molecule has 1 saturated carbocycles. The van der Waals surface area contributed by atoms with E-state index in [1.54, 1.807) is 19.1 Å². The monoisotopic (exact) mass is 590 g/mol. The maximum absolute atomic E-state index is 14.0. The number of hydrogen-bond donors (Lipinski definition) is 2. The van der Waals surface area contributed by atoms with Gasteiger partial charge in [0.05, 0.1) is 24.2 Å². The number of alkyl halides is 6. The zero-order valence-electron chi connectivity index (χ0n) is 22.1. The number of carbonyl (C=O) groups is 2. The maximum atomic E-state index is 14.0. The van der Waals surface area contributed by atoms with Crippen molar-refractivity contribution in [1.82, 2.24) is 20.4 Å². The van der Waals surface area contributed by atoms with E-state index in [4.69, 9.17) is 5.26 Å². The van der Waals surface area contributed by atoms with Gasteiger partial charge in [0.2, 0.25) is 0 Å². The molecule has 2 heterocycles. The van der Waals surface area contributed by atoms with E-state index in [9.17, 15) is 35.9 Å². The standard InChI is InChI=1S/C28H24F6N6O2/c1-16(18-5-7-19(8-6-18)23(41)37-26(15-35)9-10-26)36-24(42)21-22(28(32,33)34)38-40-12-11-39(25(21)40)14-17-3-2-4-20(13-17)27(29,30)31/h2-8,13,16H,9-12,14H2,1H3,(H,36,42)(H,37,41). The largest absolute Gasteiger partial charge is 0.436 e. The van der Waals surface area contributed by atoms with Gasteiger partial charge in [0.25, 0.3) is 11.8 Å². The number of aromatic nitrogens is 2. The van der Waals surface area contributed by atoms with Crippen LogP contribution in [0.2, 0.25) is 0 Å². The van der Waals surface area contributed by atoms with Crippen LogP contribution in [0.5, 0.6) is 0 Å². The molecule has 2 aromatic carbocycles. The number of amides is 2. The third-order valence-electron chi connectivity index (χ3n) is 7.27. The van der Waals surface area contributed by atoms with E-state index in [0.29, 0.717) is 18.4 Å². The fraction of sp³-hybridized carbons (Fsp3) is 0.357. The Morgan fingerprint density at radius 1 is 1.02 bits per heavy atom. The van der Waals surface area contributed by atoms with Crippen LogP contribution in [0.4, 0.5) is 32.2 Å². The minimum absolute atomic E-state index is 0.0107. The molecule has 1 aromatic heterocycles. The summed E-state index contributed by atoms with van der Waals surface area (Å²) in [6.07, 6.45) is -8.43. The molecule has 0 radical (unpaired) electrons. The molecule has 2 N–H and O–H groups in total. The molecule has 3 aromatic rings. The van der Waals surface area contributed by atoms with Crippen molar-refractivity contribution in [1.29, 1.82) is 5.26 Å². The van der Waals surface area contributed by atoms with Gasteiger partial charge in [0.15, 0.2) is 5.69 Å². The van der Waals surface area contributed by atoms with E-state index in [0.717, 1.165) is 16.8 Å². The molecule has 1 fully saturated rings. The lowest BCUT2D eigenvalue weighted by molar-refractivity contribution is -0.142. The molecule has 1 aliphatic carbocycles. The summed E-state index contributed by atoms with van der Waals surface area (Å²) in [6, 6.07) is 11.8. The summed E-state index contributed by atoms with van der Waals surface area (Å²) in [5, 5.41) is 18.0. The SMILES string of the molecule is CC(NC(=O)c1c(C(F)(F)F)nn2c1N(Cc1cccc(C(F)(F)F)c1)CC2)c1ccc(C(=O)NC2(C#N)CC2)cc1. The number of fused-ring (bicyclic) bond motifs is 1. The first-order valence-electron chi connectivity index (χ1n) is 12.9. The number of nitriles is 1.